The molecule has 62 heavy (non-hydrogen) atoms. The Kier molecular flexibility index (Phi) is 9.24. The van der Waals surface area contributed by atoms with E-state index in [2.05, 4.69) is 255 Å². The molecule has 1 nitrogen and oxygen atoms in total. The van der Waals surface area contributed by atoms with E-state index >= 15 is 0 Å². The van der Waals surface area contributed by atoms with E-state index in [1.807, 2.05) is 0 Å². The van der Waals surface area contributed by atoms with Crippen LogP contribution in [0.5, 0.6) is 0 Å². The predicted molar refractivity (Wildman–Crippen MR) is 263 cm³/mol. The number of benzene rings is 10. The monoisotopic (exact) mass is 791 g/mol. The van der Waals surface area contributed by atoms with Crippen LogP contribution in [0.15, 0.2) is 237 Å². The molecule has 0 fully saturated rings. The van der Waals surface area contributed by atoms with Gasteiger partial charge < -0.3 is 4.90 Å². The standard InChI is InChI=1S/C61H45N/c1-61(2)59-24-9-8-20-57(59)58-23-12-22-56(60(58)61)48-33-39-53(40-34-48)62(51-35-29-45(30-36-51)44-27-25-43(26-28-44)42-13-4-3-5-14-42)52-37-31-46(32-38-52)49-17-10-18-50(41-49)55-21-11-16-47-15-6-7-19-54(47)55/h3-41H,1-2H3. The third kappa shape index (κ3) is 6.60. The average molecular weight is 792 g/mol. The summed E-state index contributed by atoms with van der Waals surface area (Å²) in [7, 11) is 0. The fourth-order valence-electron chi connectivity index (χ4n) is 9.76. The first-order valence-corrected chi connectivity index (χ1v) is 21.6. The highest BCUT2D eigenvalue weighted by Gasteiger charge is 2.37. The molecule has 0 aliphatic heterocycles. The van der Waals surface area contributed by atoms with Gasteiger partial charge in [-0.15, -0.1) is 0 Å². The van der Waals surface area contributed by atoms with Gasteiger partial charge in [0.2, 0.25) is 0 Å². The molecule has 0 amide bonds. The van der Waals surface area contributed by atoms with Crippen molar-refractivity contribution in [2.75, 3.05) is 4.90 Å². The minimum atomic E-state index is -0.0903. The quantitative estimate of drug-likeness (QED) is 0.148. The summed E-state index contributed by atoms with van der Waals surface area (Å²) in [5.74, 6) is 0. The lowest BCUT2D eigenvalue weighted by molar-refractivity contribution is 0.662. The maximum Gasteiger partial charge on any atom is 0.0462 e. The number of anilines is 3. The molecule has 0 heterocycles. The molecule has 0 radical (unpaired) electrons. The van der Waals surface area contributed by atoms with Crippen LogP contribution in [0.25, 0.3) is 77.5 Å². The predicted octanol–water partition coefficient (Wildman–Crippen LogP) is 17.0. The Hall–Kier alpha value is -7.74. The van der Waals surface area contributed by atoms with E-state index in [1.165, 1.54) is 88.7 Å². The highest BCUT2D eigenvalue weighted by atomic mass is 15.1. The minimum Gasteiger partial charge on any atom is -0.311 e. The molecule has 0 bridgehead atoms. The van der Waals surface area contributed by atoms with E-state index in [9.17, 15) is 0 Å². The molecule has 11 rings (SSSR count). The van der Waals surface area contributed by atoms with Crippen LogP contribution < -0.4 is 4.90 Å². The molecular weight excluding hydrogens is 747 g/mol. The van der Waals surface area contributed by atoms with Gasteiger partial charge in [-0.25, -0.2) is 0 Å². The lowest BCUT2D eigenvalue weighted by Crippen LogP contribution is -2.16. The Bertz CT molecular complexity index is 3210. The lowest BCUT2D eigenvalue weighted by atomic mass is 9.79. The molecule has 10 aromatic rings. The zero-order valence-electron chi connectivity index (χ0n) is 35.0. The van der Waals surface area contributed by atoms with E-state index in [1.54, 1.807) is 0 Å². The van der Waals surface area contributed by atoms with Gasteiger partial charge in [-0.05, 0) is 131 Å². The van der Waals surface area contributed by atoms with Gasteiger partial charge in [-0.2, -0.15) is 0 Å². The van der Waals surface area contributed by atoms with Gasteiger partial charge in [-0.1, -0.05) is 208 Å². The summed E-state index contributed by atoms with van der Waals surface area (Å²) in [5, 5.41) is 2.52. The van der Waals surface area contributed by atoms with Crippen molar-refractivity contribution < 1.29 is 0 Å². The first kappa shape index (κ1) is 37.3. The maximum atomic E-state index is 2.37. The third-order valence-corrected chi connectivity index (χ3v) is 12.9. The van der Waals surface area contributed by atoms with Crippen LogP contribution in [0.4, 0.5) is 17.1 Å². The molecule has 0 saturated heterocycles. The summed E-state index contributed by atoms with van der Waals surface area (Å²) < 4.78 is 0. The topological polar surface area (TPSA) is 3.24 Å². The fourth-order valence-corrected chi connectivity index (χ4v) is 9.76. The van der Waals surface area contributed by atoms with Gasteiger partial charge in [0.1, 0.15) is 0 Å². The Morgan fingerprint density at radius 1 is 0.290 bits per heavy atom. The summed E-state index contributed by atoms with van der Waals surface area (Å²) >= 11 is 0. The van der Waals surface area contributed by atoms with Crippen LogP contribution in [0, 0.1) is 0 Å². The highest BCUT2D eigenvalue weighted by Crippen LogP contribution is 2.52. The van der Waals surface area contributed by atoms with E-state index < -0.39 is 0 Å². The van der Waals surface area contributed by atoms with E-state index in [4.69, 9.17) is 0 Å². The van der Waals surface area contributed by atoms with Crippen molar-refractivity contribution in [3.05, 3.63) is 248 Å². The van der Waals surface area contributed by atoms with Crippen molar-refractivity contribution in [2.45, 2.75) is 19.3 Å². The second-order valence-electron chi connectivity index (χ2n) is 16.9. The zero-order valence-corrected chi connectivity index (χ0v) is 35.0. The maximum absolute atomic E-state index is 2.37. The highest BCUT2D eigenvalue weighted by molar-refractivity contribution is 5.97. The van der Waals surface area contributed by atoms with Crippen molar-refractivity contribution in [3.8, 4) is 66.8 Å². The Labute approximate surface area is 364 Å². The van der Waals surface area contributed by atoms with Crippen LogP contribution in [-0.4, -0.2) is 0 Å². The second kappa shape index (κ2) is 15.4. The molecule has 0 unspecified atom stereocenters. The molecule has 1 heteroatoms. The molecule has 0 atom stereocenters. The van der Waals surface area contributed by atoms with Gasteiger partial charge in [0, 0.05) is 22.5 Å². The van der Waals surface area contributed by atoms with Crippen LogP contribution in [-0.2, 0) is 5.41 Å². The van der Waals surface area contributed by atoms with Crippen LogP contribution in [0.1, 0.15) is 25.0 Å². The van der Waals surface area contributed by atoms with Crippen LogP contribution in [0.2, 0.25) is 0 Å². The summed E-state index contributed by atoms with van der Waals surface area (Å²) in [6.07, 6.45) is 0. The third-order valence-electron chi connectivity index (χ3n) is 12.9. The Morgan fingerprint density at radius 2 is 0.710 bits per heavy atom. The average Bonchev–Trinajstić information content (AvgIpc) is 3.58. The second-order valence-corrected chi connectivity index (χ2v) is 16.9. The number of rotatable bonds is 8. The molecular formula is C61H45N. The molecule has 0 aromatic heterocycles. The van der Waals surface area contributed by atoms with Crippen molar-refractivity contribution in [1.82, 2.24) is 0 Å². The molecule has 0 N–H and O–H groups in total. The summed E-state index contributed by atoms with van der Waals surface area (Å²) in [4.78, 5) is 2.37. The van der Waals surface area contributed by atoms with Gasteiger partial charge in [0.25, 0.3) is 0 Å². The van der Waals surface area contributed by atoms with E-state index in [-0.39, 0.29) is 5.41 Å². The minimum absolute atomic E-state index is 0.0903. The van der Waals surface area contributed by atoms with E-state index in [0.717, 1.165) is 17.1 Å². The van der Waals surface area contributed by atoms with Gasteiger partial charge in [0.15, 0.2) is 0 Å². The molecule has 10 aromatic carbocycles. The summed E-state index contributed by atoms with van der Waals surface area (Å²) in [6.45, 7) is 4.73. The smallest absolute Gasteiger partial charge is 0.0462 e. The molecule has 294 valence electrons. The number of nitrogens with zero attached hydrogens (tertiary/aromatic N) is 1. The van der Waals surface area contributed by atoms with Crippen molar-refractivity contribution in [1.29, 1.82) is 0 Å². The van der Waals surface area contributed by atoms with Crippen LogP contribution in [0.3, 0.4) is 0 Å². The van der Waals surface area contributed by atoms with Gasteiger partial charge in [-0.3, -0.25) is 0 Å². The van der Waals surface area contributed by atoms with E-state index in [0.29, 0.717) is 0 Å². The van der Waals surface area contributed by atoms with Crippen LogP contribution >= 0.6 is 0 Å². The first-order chi connectivity index (χ1) is 30.5. The first-order valence-electron chi connectivity index (χ1n) is 21.6. The largest absolute Gasteiger partial charge is 0.311 e. The normalized spacial score (nSPS) is 12.5. The lowest BCUT2D eigenvalue weighted by Gasteiger charge is -2.27. The van der Waals surface area contributed by atoms with Gasteiger partial charge in [0.05, 0.1) is 0 Å². The zero-order chi connectivity index (χ0) is 41.6. The number of fused-ring (bicyclic) bond motifs is 4. The molecule has 0 saturated carbocycles. The SMILES string of the molecule is CC1(C)c2ccccc2-c2cccc(-c3ccc(N(c4ccc(-c5ccc(-c6ccccc6)cc5)cc4)c4ccc(-c5cccc(-c6cccc7ccccc67)c5)cc4)cc3)c21. The molecule has 1 aliphatic rings. The van der Waals surface area contributed by atoms with Crippen molar-refractivity contribution >= 4 is 27.8 Å². The molecule has 1 aliphatic carbocycles. The number of hydrogen-bond donors (Lipinski definition) is 0. The van der Waals surface area contributed by atoms with Crippen molar-refractivity contribution in [3.63, 3.8) is 0 Å². The Morgan fingerprint density at radius 3 is 1.39 bits per heavy atom. The van der Waals surface area contributed by atoms with Crippen molar-refractivity contribution in [2.24, 2.45) is 0 Å². The summed E-state index contributed by atoms with van der Waals surface area (Å²) in [6, 6.07) is 86.4. The number of hydrogen-bond acceptors (Lipinski definition) is 1. The summed E-state index contributed by atoms with van der Waals surface area (Å²) in [5.41, 5.74) is 20.9. The fraction of sp³-hybridized carbons (Fsp3) is 0.0492. The van der Waals surface area contributed by atoms with Gasteiger partial charge >= 0.3 is 0 Å². The molecule has 0 spiro atoms. The Balaban J connectivity index is 0.951.